The number of amides is 2. The summed E-state index contributed by atoms with van der Waals surface area (Å²) < 4.78 is 3.48. The van der Waals surface area contributed by atoms with Crippen LogP contribution in [0.25, 0.3) is 5.65 Å². The normalized spacial score (nSPS) is 10.5. The molecule has 0 atom stereocenters. The summed E-state index contributed by atoms with van der Waals surface area (Å²) in [5, 5.41) is 17.3. The second-order valence-electron chi connectivity index (χ2n) is 3.77. The highest BCUT2D eigenvalue weighted by atomic mass is 16.4. The standard InChI is InChI=1S/C10H13N5O3/c1-14-4-5-15-9(14)7(6-12-15)13-8(16)2-3-11-10(17)18/h4-6,11H,2-3H2,1H3,(H,13,16)(H,17,18). The first kappa shape index (κ1) is 12.0. The fraction of sp³-hybridized carbons (Fsp3) is 0.300. The van der Waals surface area contributed by atoms with Gasteiger partial charge < -0.3 is 20.3 Å². The lowest BCUT2D eigenvalue weighted by Gasteiger charge is -2.03. The minimum absolute atomic E-state index is 0.0774. The maximum Gasteiger partial charge on any atom is 0.404 e. The topological polar surface area (TPSA) is 101 Å². The molecule has 0 aliphatic rings. The van der Waals surface area contributed by atoms with E-state index in [2.05, 4.69) is 15.7 Å². The van der Waals surface area contributed by atoms with E-state index in [4.69, 9.17) is 5.11 Å². The van der Waals surface area contributed by atoms with E-state index >= 15 is 0 Å². The number of nitrogens with one attached hydrogen (secondary N) is 2. The second kappa shape index (κ2) is 4.78. The van der Waals surface area contributed by atoms with Gasteiger partial charge in [0, 0.05) is 32.4 Å². The maximum atomic E-state index is 11.6. The number of hydrogen-bond donors (Lipinski definition) is 3. The van der Waals surface area contributed by atoms with Gasteiger partial charge in [0.25, 0.3) is 0 Å². The van der Waals surface area contributed by atoms with Gasteiger partial charge in [-0.2, -0.15) is 5.10 Å². The SMILES string of the molecule is Cn1ccn2ncc(NC(=O)CCNC(=O)O)c12. The lowest BCUT2D eigenvalue weighted by Crippen LogP contribution is -2.25. The Bertz CT molecular complexity index is 585. The molecule has 3 N–H and O–H groups in total. The lowest BCUT2D eigenvalue weighted by molar-refractivity contribution is -0.116. The fourth-order valence-corrected chi connectivity index (χ4v) is 1.63. The molecule has 0 aromatic carbocycles. The summed E-state index contributed by atoms with van der Waals surface area (Å²) in [4.78, 5) is 21.8. The third-order valence-corrected chi connectivity index (χ3v) is 2.44. The van der Waals surface area contributed by atoms with E-state index in [-0.39, 0.29) is 18.9 Å². The predicted octanol–water partition coefficient (Wildman–Crippen LogP) is 0.269. The number of rotatable bonds is 4. The zero-order chi connectivity index (χ0) is 13.1. The van der Waals surface area contributed by atoms with Gasteiger partial charge in [-0.15, -0.1) is 0 Å². The predicted molar refractivity (Wildman–Crippen MR) is 63.4 cm³/mol. The van der Waals surface area contributed by atoms with Gasteiger partial charge in [-0.3, -0.25) is 4.79 Å². The number of hydrogen-bond acceptors (Lipinski definition) is 3. The van der Waals surface area contributed by atoms with Gasteiger partial charge >= 0.3 is 6.09 Å². The van der Waals surface area contributed by atoms with Crippen LogP contribution in [0.2, 0.25) is 0 Å². The highest BCUT2D eigenvalue weighted by Crippen LogP contribution is 2.16. The van der Waals surface area contributed by atoms with Gasteiger partial charge in [-0.1, -0.05) is 0 Å². The first-order valence-corrected chi connectivity index (χ1v) is 5.33. The van der Waals surface area contributed by atoms with Crippen LogP contribution in [0.1, 0.15) is 6.42 Å². The summed E-state index contributed by atoms with van der Waals surface area (Å²) in [5.41, 5.74) is 1.37. The minimum Gasteiger partial charge on any atom is -0.465 e. The Morgan fingerprint density at radius 2 is 2.22 bits per heavy atom. The molecule has 0 unspecified atom stereocenters. The van der Waals surface area contributed by atoms with Crippen molar-refractivity contribution in [3.8, 4) is 0 Å². The molecular formula is C10H13N5O3. The molecular weight excluding hydrogens is 238 g/mol. The van der Waals surface area contributed by atoms with Crippen LogP contribution in [-0.4, -0.2) is 37.8 Å². The summed E-state index contributed by atoms with van der Waals surface area (Å²) in [5.74, 6) is -0.264. The van der Waals surface area contributed by atoms with Crippen LogP contribution in [0.5, 0.6) is 0 Å². The van der Waals surface area contributed by atoms with Crippen molar-refractivity contribution < 1.29 is 14.7 Å². The molecule has 0 saturated heterocycles. The molecule has 8 nitrogen and oxygen atoms in total. The second-order valence-corrected chi connectivity index (χ2v) is 3.77. The first-order valence-electron chi connectivity index (χ1n) is 5.33. The Morgan fingerprint density at radius 1 is 1.44 bits per heavy atom. The van der Waals surface area contributed by atoms with Gasteiger partial charge in [0.2, 0.25) is 5.91 Å². The van der Waals surface area contributed by atoms with Crippen molar-refractivity contribution in [2.45, 2.75) is 6.42 Å². The van der Waals surface area contributed by atoms with E-state index in [1.54, 1.807) is 16.9 Å². The molecule has 8 heteroatoms. The lowest BCUT2D eigenvalue weighted by atomic mass is 10.4. The summed E-state index contributed by atoms with van der Waals surface area (Å²) in [6.07, 6.45) is 4.09. The molecule has 96 valence electrons. The van der Waals surface area contributed by atoms with Crippen LogP contribution < -0.4 is 10.6 Å². The molecule has 0 radical (unpaired) electrons. The van der Waals surface area contributed by atoms with E-state index in [1.807, 2.05) is 17.8 Å². The highest BCUT2D eigenvalue weighted by molar-refractivity contribution is 5.94. The number of fused-ring (bicyclic) bond motifs is 1. The van der Waals surface area contributed by atoms with E-state index in [0.29, 0.717) is 5.69 Å². The molecule has 2 amide bonds. The van der Waals surface area contributed by atoms with Crippen molar-refractivity contribution in [3.05, 3.63) is 18.6 Å². The van der Waals surface area contributed by atoms with Crippen molar-refractivity contribution in [2.75, 3.05) is 11.9 Å². The Hall–Kier alpha value is -2.51. The van der Waals surface area contributed by atoms with Crippen molar-refractivity contribution in [2.24, 2.45) is 7.05 Å². The van der Waals surface area contributed by atoms with Crippen LogP contribution in [0, 0.1) is 0 Å². The summed E-state index contributed by atoms with van der Waals surface area (Å²) in [6, 6.07) is 0. The Balaban J connectivity index is 1.98. The fourth-order valence-electron chi connectivity index (χ4n) is 1.63. The molecule has 2 rings (SSSR count). The summed E-state index contributed by atoms with van der Waals surface area (Å²) in [7, 11) is 1.85. The van der Waals surface area contributed by atoms with E-state index in [1.165, 1.54) is 0 Å². The van der Waals surface area contributed by atoms with Crippen molar-refractivity contribution in [1.82, 2.24) is 19.5 Å². The van der Waals surface area contributed by atoms with Crippen molar-refractivity contribution >= 4 is 23.3 Å². The largest absolute Gasteiger partial charge is 0.465 e. The zero-order valence-electron chi connectivity index (χ0n) is 9.75. The molecule has 0 aliphatic carbocycles. The van der Waals surface area contributed by atoms with E-state index < -0.39 is 6.09 Å². The molecule has 0 aliphatic heterocycles. The third kappa shape index (κ3) is 2.42. The monoisotopic (exact) mass is 251 g/mol. The molecule has 2 aromatic rings. The maximum absolute atomic E-state index is 11.6. The molecule has 2 aromatic heterocycles. The number of anilines is 1. The zero-order valence-corrected chi connectivity index (χ0v) is 9.75. The van der Waals surface area contributed by atoms with Crippen LogP contribution in [0.15, 0.2) is 18.6 Å². The van der Waals surface area contributed by atoms with Crippen LogP contribution in [0.3, 0.4) is 0 Å². The Kier molecular flexibility index (Phi) is 3.18. The van der Waals surface area contributed by atoms with Gasteiger partial charge in [-0.25, -0.2) is 9.31 Å². The van der Waals surface area contributed by atoms with E-state index in [9.17, 15) is 9.59 Å². The Morgan fingerprint density at radius 3 is 2.94 bits per heavy atom. The molecule has 2 heterocycles. The number of carbonyl (C=O) groups is 2. The first-order chi connectivity index (χ1) is 8.58. The van der Waals surface area contributed by atoms with Gasteiger partial charge in [0.1, 0.15) is 5.69 Å². The van der Waals surface area contributed by atoms with Gasteiger partial charge in [0.05, 0.1) is 6.20 Å². The molecule has 0 spiro atoms. The minimum atomic E-state index is -1.14. The average molecular weight is 251 g/mol. The van der Waals surface area contributed by atoms with Crippen LogP contribution >= 0.6 is 0 Å². The number of nitrogens with zero attached hydrogens (tertiary/aromatic N) is 3. The highest BCUT2D eigenvalue weighted by Gasteiger charge is 2.10. The summed E-state index contributed by atoms with van der Waals surface area (Å²) in [6.45, 7) is 0.0821. The number of aryl methyl sites for hydroxylation is 1. The van der Waals surface area contributed by atoms with Crippen LogP contribution in [-0.2, 0) is 11.8 Å². The Labute approximate surface area is 102 Å². The quantitative estimate of drug-likeness (QED) is 0.726. The van der Waals surface area contributed by atoms with Gasteiger partial charge in [0.15, 0.2) is 5.65 Å². The molecule has 18 heavy (non-hydrogen) atoms. The van der Waals surface area contributed by atoms with Crippen molar-refractivity contribution in [3.63, 3.8) is 0 Å². The smallest absolute Gasteiger partial charge is 0.404 e. The molecule has 0 fully saturated rings. The van der Waals surface area contributed by atoms with Gasteiger partial charge in [-0.05, 0) is 0 Å². The molecule has 0 saturated carbocycles. The third-order valence-electron chi connectivity index (χ3n) is 2.44. The molecule has 0 bridgehead atoms. The summed E-state index contributed by atoms with van der Waals surface area (Å²) >= 11 is 0. The number of carbonyl (C=O) groups excluding carboxylic acids is 1. The van der Waals surface area contributed by atoms with Crippen molar-refractivity contribution in [1.29, 1.82) is 0 Å². The van der Waals surface area contributed by atoms with Crippen LogP contribution in [0.4, 0.5) is 10.5 Å². The number of carboxylic acid groups (broad SMARTS) is 1. The average Bonchev–Trinajstić information content (AvgIpc) is 2.83. The number of aromatic nitrogens is 3. The number of imidazole rings is 1. The van der Waals surface area contributed by atoms with E-state index in [0.717, 1.165) is 5.65 Å².